The van der Waals surface area contributed by atoms with E-state index in [0.29, 0.717) is 19.5 Å². The zero-order valence-electron chi connectivity index (χ0n) is 11.8. The van der Waals surface area contributed by atoms with Crippen LogP contribution in [0.4, 0.5) is 4.79 Å². The summed E-state index contributed by atoms with van der Waals surface area (Å²) in [5.74, 6) is 4.76. The van der Waals surface area contributed by atoms with E-state index in [2.05, 4.69) is 21.5 Å². The van der Waals surface area contributed by atoms with E-state index < -0.39 is 0 Å². The average molecular weight is 297 g/mol. The first-order chi connectivity index (χ1) is 9.77. The van der Waals surface area contributed by atoms with E-state index in [4.69, 9.17) is 11.2 Å². The molecule has 0 saturated carbocycles. The smallest absolute Gasteiger partial charge is 0.314 e. The van der Waals surface area contributed by atoms with Gasteiger partial charge in [-0.3, -0.25) is 4.90 Å². The monoisotopic (exact) mass is 297 g/mol. The number of rotatable bonds is 5. The van der Waals surface area contributed by atoms with Gasteiger partial charge >= 0.3 is 6.03 Å². The first kappa shape index (κ1) is 15.5. The fourth-order valence-corrected chi connectivity index (χ4v) is 4.17. The summed E-state index contributed by atoms with van der Waals surface area (Å²) in [4.78, 5) is 14.2. The van der Waals surface area contributed by atoms with E-state index >= 15 is 0 Å². The van der Waals surface area contributed by atoms with Crippen LogP contribution in [0.3, 0.4) is 0 Å². The molecule has 2 aliphatic heterocycles. The molecule has 0 aromatic rings. The molecule has 112 valence electrons. The fourth-order valence-electron chi connectivity index (χ4n) is 2.69. The van der Waals surface area contributed by atoms with Crippen molar-refractivity contribution in [3.63, 3.8) is 0 Å². The van der Waals surface area contributed by atoms with Crippen LogP contribution in [0.5, 0.6) is 0 Å². The molecule has 2 amide bonds. The van der Waals surface area contributed by atoms with Crippen molar-refractivity contribution in [2.75, 3.05) is 50.9 Å². The maximum absolute atomic E-state index is 11.8. The van der Waals surface area contributed by atoms with Gasteiger partial charge in [0.1, 0.15) is 0 Å². The zero-order valence-corrected chi connectivity index (χ0v) is 12.6. The van der Waals surface area contributed by atoms with E-state index in [0.717, 1.165) is 44.2 Å². The summed E-state index contributed by atoms with van der Waals surface area (Å²) in [7, 11) is 0. The van der Waals surface area contributed by atoms with Crippen molar-refractivity contribution < 1.29 is 9.53 Å². The molecular weight excluding hydrogens is 274 g/mol. The van der Waals surface area contributed by atoms with Gasteiger partial charge in [-0.1, -0.05) is 0 Å². The largest absolute Gasteiger partial charge is 0.379 e. The summed E-state index contributed by atoms with van der Waals surface area (Å²) in [6.45, 7) is 4.73. The van der Waals surface area contributed by atoms with Gasteiger partial charge in [-0.25, -0.2) is 4.79 Å². The minimum absolute atomic E-state index is 0.0951. The second kappa shape index (κ2) is 7.77. The molecule has 0 aromatic heterocycles. The molecule has 2 N–H and O–H groups in total. The molecule has 20 heavy (non-hydrogen) atoms. The lowest BCUT2D eigenvalue weighted by Gasteiger charge is -2.43. The van der Waals surface area contributed by atoms with Crippen LogP contribution in [0.1, 0.15) is 12.8 Å². The predicted molar refractivity (Wildman–Crippen MR) is 81.9 cm³/mol. The number of thioether (sulfide) groups is 1. The maximum atomic E-state index is 11.8. The summed E-state index contributed by atoms with van der Waals surface area (Å²) in [6, 6.07) is -0.121. The first-order valence-electron chi connectivity index (χ1n) is 7.12. The Bertz CT molecular complexity index is 358. The lowest BCUT2D eigenvalue weighted by molar-refractivity contribution is -0.0124. The van der Waals surface area contributed by atoms with Crippen LogP contribution in [0, 0.1) is 12.3 Å². The molecule has 0 aromatic carbocycles. The summed E-state index contributed by atoms with van der Waals surface area (Å²) >= 11 is 1.97. The molecule has 0 spiro atoms. The molecule has 0 aliphatic carbocycles. The summed E-state index contributed by atoms with van der Waals surface area (Å²) < 4.78 is 5.43. The molecule has 1 atom stereocenters. The Morgan fingerprint density at radius 3 is 2.85 bits per heavy atom. The number of carbonyl (C=O) groups is 1. The average Bonchev–Trinajstić information content (AvgIpc) is 2.97. The van der Waals surface area contributed by atoms with Gasteiger partial charge in [0, 0.05) is 43.9 Å². The normalized spacial score (nSPS) is 26.9. The Hall–Kier alpha value is -0.900. The van der Waals surface area contributed by atoms with Crippen molar-refractivity contribution in [2.45, 2.75) is 18.4 Å². The van der Waals surface area contributed by atoms with Gasteiger partial charge in [0.25, 0.3) is 0 Å². The van der Waals surface area contributed by atoms with E-state index in [1.54, 1.807) is 0 Å². The molecule has 2 heterocycles. The van der Waals surface area contributed by atoms with Gasteiger partial charge in [-0.15, -0.1) is 12.3 Å². The Morgan fingerprint density at radius 2 is 2.20 bits per heavy atom. The van der Waals surface area contributed by atoms with Gasteiger partial charge < -0.3 is 15.4 Å². The van der Waals surface area contributed by atoms with Crippen LogP contribution < -0.4 is 10.6 Å². The summed E-state index contributed by atoms with van der Waals surface area (Å²) in [5.41, 5.74) is 0.0951. The zero-order chi connectivity index (χ0) is 14.3. The number of ether oxygens (including phenoxy) is 1. The number of morpholine rings is 1. The molecule has 0 radical (unpaired) electrons. The Kier molecular flexibility index (Phi) is 6.02. The Balaban J connectivity index is 1.83. The highest BCUT2D eigenvalue weighted by atomic mass is 32.2. The van der Waals surface area contributed by atoms with Gasteiger partial charge in [0.15, 0.2) is 0 Å². The van der Waals surface area contributed by atoms with Crippen LogP contribution in [-0.4, -0.2) is 67.4 Å². The van der Waals surface area contributed by atoms with Crippen molar-refractivity contribution in [1.82, 2.24) is 15.5 Å². The third-order valence-corrected chi connectivity index (χ3v) is 5.13. The molecule has 0 bridgehead atoms. The quantitative estimate of drug-likeness (QED) is 0.574. The van der Waals surface area contributed by atoms with Crippen molar-refractivity contribution in [2.24, 2.45) is 0 Å². The maximum Gasteiger partial charge on any atom is 0.314 e. The molecule has 2 fully saturated rings. The SMILES string of the molecule is C#CCCNC(=O)NC[C@@]1(N2CCOCC2)CCSC1. The first-order valence-corrected chi connectivity index (χ1v) is 8.28. The number of urea groups is 1. The van der Waals surface area contributed by atoms with Crippen LogP contribution >= 0.6 is 11.8 Å². The third-order valence-electron chi connectivity index (χ3n) is 3.90. The number of terminal acetylenes is 1. The second-order valence-electron chi connectivity index (χ2n) is 5.19. The minimum Gasteiger partial charge on any atom is -0.379 e. The molecule has 2 saturated heterocycles. The fraction of sp³-hybridized carbons (Fsp3) is 0.786. The number of carbonyl (C=O) groups excluding carboxylic acids is 1. The van der Waals surface area contributed by atoms with E-state index in [-0.39, 0.29) is 11.6 Å². The molecule has 5 nitrogen and oxygen atoms in total. The topological polar surface area (TPSA) is 53.6 Å². The number of hydrogen-bond acceptors (Lipinski definition) is 4. The lowest BCUT2D eigenvalue weighted by atomic mass is 9.95. The standard InChI is InChI=1S/C14H23N3O2S/c1-2-3-5-15-13(18)16-11-14(4-10-20-12-14)17-6-8-19-9-7-17/h1H,3-12H2,(H2,15,16,18)/t14-/m0/s1. The van der Waals surface area contributed by atoms with Crippen molar-refractivity contribution in [3.05, 3.63) is 0 Å². The van der Waals surface area contributed by atoms with Crippen LogP contribution in [0.2, 0.25) is 0 Å². The van der Waals surface area contributed by atoms with E-state index in [1.165, 1.54) is 0 Å². The summed E-state index contributed by atoms with van der Waals surface area (Å²) in [5, 5.41) is 5.79. The molecular formula is C14H23N3O2S. The molecule has 2 aliphatic rings. The van der Waals surface area contributed by atoms with Crippen molar-refractivity contribution in [1.29, 1.82) is 0 Å². The number of hydrogen-bond donors (Lipinski definition) is 2. The molecule has 0 unspecified atom stereocenters. The number of nitrogens with zero attached hydrogens (tertiary/aromatic N) is 1. The van der Waals surface area contributed by atoms with E-state index in [1.807, 2.05) is 11.8 Å². The highest BCUT2D eigenvalue weighted by Crippen LogP contribution is 2.33. The van der Waals surface area contributed by atoms with Gasteiger partial charge in [-0.2, -0.15) is 11.8 Å². The summed E-state index contributed by atoms with van der Waals surface area (Å²) in [6.07, 6.45) is 6.86. The number of nitrogens with one attached hydrogen (secondary N) is 2. The minimum atomic E-state index is -0.121. The van der Waals surface area contributed by atoms with Gasteiger partial charge in [0.05, 0.1) is 13.2 Å². The van der Waals surface area contributed by atoms with Crippen molar-refractivity contribution >= 4 is 17.8 Å². The number of amides is 2. The lowest BCUT2D eigenvalue weighted by Crippen LogP contribution is -2.59. The van der Waals surface area contributed by atoms with Crippen LogP contribution in [-0.2, 0) is 4.74 Å². The third kappa shape index (κ3) is 4.05. The van der Waals surface area contributed by atoms with Crippen LogP contribution in [0.25, 0.3) is 0 Å². The Morgan fingerprint density at radius 1 is 1.40 bits per heavy atom. The van der Waals surface area contributed by atoms with Gasteiger partial charge in [0.2, 0.25) is 0 Å². The van der Waals surface area contributed by atoms with Gasteiger partial charge in [-0.05, 0) is 12.2 Å². The van der Waals surface area contributed by atoms with Crippen LogP contribution in [0.15, 0.2) is 0 Å². The van der Waals surface area contributed by atoms with E-state index in [9.17, 15) is 4.79 Å². The highest BCUT2D eigenvalue weighted by molar-refractivity contribution is 7.99. The Labute approximate surface area is 125 Å². The molecule has 6 heteroatoms. The predicted octanol–water partition coefficient (Wildman–Crippen LogP) is 0.517. The highest BCUT2D eigenvalue weighted by Gasteiger charge is 2.40. The molecule has 2 rings (SSSR count). The van der Waals surface area contributed by atoms with Crippen molar-refractivity contribution in [3.8, 4) is 12.3 Å². The second-order valence-corrected chi connectivity index (χ2v) is 6.30.